The summed E-state index contributed by atoms with van der Waals surface area (Å²) in [5.74, 6) is -2.76. The van der Waals surface area contributed by atoms with Crippen molar-refractivity contribution in [1.29, 1.82) is 0 Å². The Morgan fingerprint density at radius 3 is 1.90 bits per heavy atom. The molecule has 214 valence electrons. The van der Waals surface area contributed by atoms with Crippen molar-refractivity contribution >= 4 is 59.1 Å². The number of carboxylic acid groups (broad SMARTS) is 2. The van der Waals surface area contributed by atoms with Crippen molar-refractivity contribution in [2.24, 2.45) is 5.41 Å². The van der Waals surface area contributed by atoms with Crippen LogP contribution in [-0.4, -0.2) is 96.8 Å². The molecule has 0 atom stereocenters. The Labute approximate surface area is 234 Å². The third kappa shape index (κ3) is 7.13. The third-order valence-electron chi connectivity index (χ3n) is 6.75. The standard InChI is InChI=1S/C25H32N2O10S2/c1-3-4-10-23(2)36-13-24(14-37-23,15-38-11-9-21(32)33)16-39-25(12-22(34)35,26-17(28)5-6-18(26)29)27-19(30)7-8-20(27)31/h1H,4-16H2,2H3,(H,32,33)(H,34,35). The van der Waals surface area contributed by atoms with Gasteiger partial charge in [-0.25, -0.2) is 9.80 Å². The summed E-state index contributed by atoms with van der Waals surface area (Å²) < 4.78 is 12.1. The predicted molar refractivity (Wildman–Crippen MR) is 140 cm³/mol. The van der Waals surface area contributed by atoms with Crippen LogP contribution in [0.2, 0.25) is 0 Å². The second kappa shape index (κ2) is 12.7. The van der Waals surface area contributed by atoms with Gasteiger partial charge in [0.2, 0.25) is 23.6 Å². The lowest BCUT2D eigenvalue weighted by Gasteiger charge is -2.48. The summed E-state index contributed by atoms with van der Waals surface area (Å²) in [7, 11) is 0. The fourth-order valence-electron chi connectivity index (χ4n) is 4.63. The molecule has 3 fully saturated rings. The van der Waals surface area contributed by atoms with E-state index in [1.165, 1.54) is 11.8 Å². The molecule has 3 saturated heterocycles. The molecule has 0 unspecified atom stereocenters. The first kappa shape index (κ1) is 30.9. The van der Waals surface area contributed by atoms with Gasteiger partial charge in [-0.2, -0.15) is 11.8 Å². The highest BCUT2D eigenvalue weighted by molar-refractivity contribution is 8.01. The van der Waals surface area contributed by atoms with Crippen LogP contribution in [0.25, 0.3) is 0 Å². The molecule has 3 rings (SSSR count). The maximum absolute atomic E-state index is 12.9. The summed E-state index contributed by atoms with van der Waals surface area (Å²) in [6, 6.07) is 0. The molecule has 14 heteroatoms. The third-order valence-corrected chi connectivity index (χ3v) is 9.79. The van der Waals surface area contributed by atoms with Gasteiger partial charge in [-0.05, 0) is 6.92 Å². The molecule has 0 radical (unpaired) electrons. The van der Waals surface area contributed by atoms with Crippen molar-refractivity contribution < 1.29 is 48.5 Å². The summed E-state index contributed by atoms with van der Waals surface area (Å²) in [5.41, 5.74) is -0.828. The molecule has 12 nitrogen and oxygen atoms in total. The first-order valence-electron chi connectivity index (χ1n) is 12.5. The molecule has 0 aromatic carbocycles. The SMILES string of the molecule is C#CCCC1(C)OCC(CSCCC(=O)O)(CSC(CC(=O)O)(N2C(=O)CCC2=O)N2C(=O)CCC2=O)CO1. The van der Waals surface area contributed by atoms with Crippen molar-refractivity contribution in [2.45, 2.75) is 69.1 Å². The fraction of sp³-hybridized carbons (Fsp3) is 0.680. The highest BCUT2D eigenvalue weighted by Gasteiger charge is 2.58. The van der Waals surface area contributed by atoms with Crippen LogP contribution >= 0.6 is 23.5 Å². The van der Waals surface area contributed by atoms with E-state index >= 15 is 0 Å². The Bertz CT molecular complexity index is 996. The normalized spacial score (nSPS) is 25.8. The average molecular weight is 585 g/mol. The second-order valence-corrected chi connectivity index (χ2v) is 12.3. The Morgan fingerprint density at radius 1 is 0.949 bits per heavy atom. The number of rotatable bonds is 14. The van der Waals surface area contributed by atoms with Crippen LogP contribution in [0.1, 0.15) is 58.3 Å². The zero-order valence-electron chi connectivity index (χ0n) is 21.6. The number of carboxylic acids is 2. The van der Waals surface area contributed by atoms with Crippen LogP contribution in [0.5, 0.6) is 0 Å². The van der Waals surface area contributed by atoms with Gasteiger partial charge in [0, 0.05) is 61.2 Å². The first-order chi connectivity index (χ1) is 18.4. The molecular formula is C25H32N2O10S2. The molecular weight excluding hydrogens is 552 g/mol. The highest BCUT2D eigenvalue weighted by atomic mass is 32.2. The zero-order chi connectivity index (χ0) is 28.8. The Balaban J connectivity index is 1.96. The molecule has 4 amide bonds. The molecule has 0 spiro atoms. The predicted octanol–water partition coefficient (Wildman–Crippen LogP) is 1.52. The van der Waals surface area contributed by atoms with Crippen LogP contribution in [0.4, 0.5) is 0 Å². The van der Waals surface area contributed by atoms with Crippen LogP contribution in [-0.2, 0) is 38.2 Å². The number of nitrogens with zero attached hydrogens (tertiary/aromatic N) is 2. The summed E-state index contributed by atoms with van der Waals surface area (Å²) in [4.78, 5) is 74.2. The summed E-state index contributed by atoms with van der Waals surface area (Å²) >= 11 is 2.20. The van der Waals surface area contributed by atoms with Gasteiger partial charge in [-0.1, -0.05) is 0 Å². The van der Waals surface area contributed by atoms with Crippen molar-refractivity contribution in [3.8, 4) is 12.3 Å². The van der Waals surface area contributed by atoms with E-state index < -0.39 is 58.2 Å². The van der Waals surface area contributed by atoms with Crippen molar-refractivity contribution in [1.82, 2.24) is 9.80 Å². The average Bonchev–Trinajstić information content (AvgIpc) is 3.40. The molecule has 3 aliphatic heterocycles. The van der Waals surface area contributed by atoms with E-state index in [1.54, 1.807) is 6.92 Å². The molecule has 0 aliphatic carbocycles. The molecule has 3 heterocycles. The second-order valence-electron chi connectivity index (χ2n) is 9.96. The van der Waals surface area contributed by atoms with E-state index in [-0.39, 0.29) is 51.1 Å². The summed E-state index contributed by atoms with van der Waals surface area (Å²) in [6.45, 7) is 1.99. The number of terminal acetylenes is 1. The molecule has 0 bridgehead atoms. The minimum absolute atomic E-state index is 0.0414. The Kier molecular flexibility index (Phi) is 10.1. The van der Waals surface area contributed by atoms with Crippen LogP contribution in [0.3, 0.4) is 0 Å². The van der Waals surface area contributed by atoms with Gasteiger partial charge in [0.05, 0.1) is 26.1 Å². The van der Waals surface area contributed by atoms with E-state index in [2.05, 4.69) is 5.92 Å². The van der Waals surface area contributed by atoms with Crippen molar-refractivity contribution in [3.63, 3.8) is 0 Å². The van der Waals surface area contributed by atoms with Crippen molar-refractivity contribution in [2.75, 3.05) is 30.5 Å². The van der Waals surface area contributed by atoms with E-state index in [0.717, 1.165) is 21.6 Å². The minimum Gasteiger partial charge on any atom is -0.481 e. The first-order valence-corrected chi connectivity index (χ1v) is 14.6. The van der Waals surface area contributed by atoms with Gasteiger partial charge in [0.15, 0.2) is 10.8 Å². The van der Waals surface area contributed by atoms with Gasteiger partial charge >= 0.3 is 11.9 Å². The number of ether oxygens (including phenoxy) is 2. The maximum Gasteiger partial charge on any atom is 0.308 e. The van der Waals surface area contributed by atoms with E-state index in [0.29, 0.717) is 24.3 Å². The van der Waals surface area contributed by atoms with Gasteiger partial charge < -0.3 is 19.7 Å². The Morgan fingerprint density at radius 2 is 1.46 bits per heavy atom. The molecule has 0 aromatic heterocycles. The number of hydrogen-bond donors (Lipinski definition) is 2. The van der Waals surface area contributed by atoms with E-state index in [1.807, 2.05) is 0 Å². The van der Waals surface area contributed by atoms with Gasteiger partial charge in [0.25, 0.3) is 0 Å². The molecule has 0 aromatic rings. The van der Waals surface area contributed by atoms with Gasteiger partial charge in [0.1, 0.15) is 0 Å². The van der Waals surface area contributed by atoms with E-state index in [4.69, 9.17) is 21.0 Å². The maximum atomic E-state index is 12.9. The monoisotopic (exact) mass is 584 g/mol. The Hall–Kier alpha value is -2.60. The number of thioether (sulfide) groups is 2. The highest BCUT2D eigenvalue weighted by Crippen LogP contribution is 2.47. The van der Waals surface area contributed by atoms with Crippen LogP contribution in [0, 0.1) is 17.8 Å². The molecule has 39 heavy (non-hydrogen) atoms. The van der Waals surface area contributed by atoms with Crippen LogP contribution in [0.15, 0.2) is 0 Å². The number of likely N-dealkylation sites (tertiary alicyclic amines) is 2. The lowest BCUT2D eigenvalue weighted by atomic mass is 9.93. The quantitative estimate of drug-likeness (QED) is 0.172. The lowest BCUT2D eigenvalue weighted by Crippen LogP contribution is -2.63. The number of amides is 4. The molecule has 2 N–H and O–H groups in total. The number of carbonyl (C=O) groups is 6. The number of imide groups is 2. The smallest absolute Gasteiger partial charge is 0.308 e. The van der Waals surface area contributed by atoms with E-state index in [9.17, 15) is 33.9 Å². The molecule has 0 saturated carbocycles. The van der Waals surface area contributed by atoms with Crippen LogP contribution < -0.4 is 0 Å². The molecule has 3 aliphatic rings. The lowest BCUT2D eigenvalue weighted by molar-refractivity contribution is -0.289. The number of aliphatic carboxylic acids is 2. The van der Waals surface area contributed by atoms with Crippen molar-refractivity contribution in [3.05, 3.63) is 0 Å². The zero-order valence-corrected chi connectivity index (χ0v) is 23.3. The fourth-order valence-corrected chi connectivity index (χ4v) is 7.62. The largest absolute Gasteiger partial charge is 0.481 e. The summed E-state index contributed by atoms with van der Waals surface area (Å²) in [5, 5.41) is 18.9. The minimum atomic E-state index is -2.09. The van der Waals surface area contributed by atoms with Gasteiger partial charge in [-0.15, -0.1) is 24.1 Å². The number of hydrogen-bond acceptors (Lipinski definition) is 10. The van der Waals surface area contributed by atoms with Gasteiger partial charge in [-0.3, -0.25) is 28.8 Å². The topological polar surface area (TPSA) is 168 Å². The number of carbonyl (C=O) groups excluding carboxylic acids is 4. The summed E-state index contributed by atoms with van der Waals surface area (Å²) in [6.07, 6.45) is 4.65.